The molecule has 2 aliphatic rings. The molecule has 1 aliphatic heterocycles. The molecule has 5 heteroatoms. The minimum Gasteiger partial charge on any atom is -0.314 e. The van der Waals surface area contributed by atoms with Crippen LogP contribution in [-0.4, -0.2) is 42.3 Å². The van der Waals surface area contributed by atoms with Crippen LogP contribution < -0.4 is 5.32 Å². The highest BCUT2D eigenvalue weighted by atomic mass is 19.4. The van der Waals surface area contributed by atoms with E-state index in [-0.39, 0.29) is 12.8 Å². The summed E-state index contributed by atoms with van der Waals surface area (Å²) in [6.07, 6.45) is -2.66. The maximum absolute atomic E-state index is 13.0. The van der Waals surface area contributed by atoms with E-state index >= 15 is 0 Å². The van der Waals surface area contributed by atoms with Crippen LogP contribution >= 0.6 is 0 Å². The van der Waals surface area contributed by atoms with Gasteiger partial charge >= 0.3 is 6.18 Å². The second kappa shape index (κ2) is 4.43. The molecule has 0 radical (unpaired) electrons. The molecule has 100 valence electrons. The number of hydrogen-bond donors (Lipinski definition) is 1. The van der Waals surface area contributed by atoms with Crippen LogP contribution in [0.25, 0.3) is 0 Å². The standard InChI is InChI=1S/C12H21F3N2/c1-3-16-10-4-7-17(8-9(10)2)11(5-6-11)12(13,14)15/h9-10,16H,3-8H2,1-2H3. The summed E-state index contributed by atoms with van der Waals surface area (Å²) in [7, 11) is 0. The largest absolute Gasteiger partial charge is 0.406 e. The van der Waals surface area contributed by atoms with Crippen molar-refractivity contribution in [3.8, 4) is 0 Å². The Bertz CT molecular complexity index is 273. The van der Waals surface area contributed by atoms with Gasteiger partial charge in [-0.15, -0.1) is 0 Å². The molecule has 0 bridgehead atoms. The molecular formula is C12H21F3N2. The third-order valence-corrected chi connectivity index (χ3v) is 4.23. The predicted octanol–water partition coefficient (Wildman–Crippen LogP) is 2.40. The molecule has 2 unspecified atom stereocenters. The van der Waals surface area contributed by atoms with Gasteiger partial charge < -0.3 is 5.32 Å². The van der Waals surface area contributed by atoms with Gasteiger partial charge in [-0.2, -0.15) is 13.2 Å². The number of hydrogen-bond acceptors (Lipinski definition) is 2. The summed E-state index contributed by atoms with van der Waals surface area (Å²) in [5, 5.41) is 3.36. The molecule has 0 aromatic carbocycles. The van der Waals surface area contributed by atoms with Gasteiger partial charge in [-0.3, -0.25) is 4.90 Å². The van der Waals surface area contributed by atoms with Crippen molar-refractivity contribution in [1.29, 1.82) is 0 Å². The quantitative estimate of drug-likeness (QED) is 0.827. The van der Waals surface area contributed by atoms with E-state index in [9.17, 15) is 13.2 Å². The summed E-state index contributed by atoms with van der Waals surface area (Å²) in [5.41, 5.74) is -1.47. The van der Waals surface area contributed by atoms with Crippen molar-refractivity contribution in [2.75, 3.05) is 19.6 Å². The highest BCUT2D eigenvalue weighted by Gasteiger charge is 2.66. The fraction of sp³-hybridized carbons (Fsp3) is 1.00. The third kappa shape index (κ3) is 2.32. The molecular weight excluding hydrogens is 229 g/mol. The molecule has 1 aliphatic carbocycles. The molecule has 1 saturated carbocycles. The van der Waals surface area contributed by atoms with Crippen LogP contribution in [-0.2, 0) is 0 Å². The van der Waals surface area contributed by atoms with Gasteiger partial charge in [0.05, 0.1) is 0 Å². The summed E-state index contributed by atoms with van der Waals surface area (Å²) in [5.74, 6) is 0.295. The van der Waals surface area contributed by atoms with E-state index < -0.39 is 11.7 Å². The van der Waals surface area contributed by atoms with Gasteiger partial charge in [0, 0.05) is 19.1 Å². The average Bonchev–Trinajstić information content (AvgIpc) is 3.01. The van der Waals surface area contributed by atoms with Crippen LogP contribution in [0.5, 0.6) is 0 Å². The Kier molecular flexibility index (Phi) is 3.42. The van der Waals surface area contributed by atoms with Crippen LogP contribution in [0.4, 0.5) is 13.2 Å². The Morgan fingerprint density at radius 3 is 2.41 bits per heavy atom. The van der Waals surface area contributed by atoms with Crippen LogP contribution in [0.3, 0.4) is 0 Å². The Hall–Kier alpha value is -0.290. The lowest BCUT2D eigenvalue weighted by atomic mass is 9.92. The molecule has 1 saturated heterocycles. The van der Waals surface area contributed by atoms with Crippen molar-refractivity contribution < 1.29 is 13.2 Å². The number of halogens is 3. The normalized spacial score (nSPS) is 33.7. The van der Waals surface area contributed by atoms with Crippen molar-refractivity contribution in [2.24, 2.45) is 5.92 Å². The maximum Gasteiger partial charge on any atom is 0.406 e. The average molecular weight is 250 g/mol. The molecule has 17 heavy (non-hydrogen) atoms. The van der Waals surface area contributed by atoms with Crippen LogP contribution in [0.2, 0.25) is 0 Å². The van der Waals surface area contributed by atoms with Gasteiger partial charge in [-0.1, -0.05) is 13.8 Å². The summed E-state index contributed by atoms with van der Waals surface area (Å²) >= 11 is 0. The summed E-state index contributed by atoms with van der Waals surface area (Å²) in [6.45, 7) is 6.11. The van der Waals surface area contributed by atoms with Crippen molar-refractivity contribution in [2.45, 2.75) is 50.9 Å². The van der Waals surface area contributed by atoms with Crippen LogP contribution in [0.15, 0.2) is 0 Å². The number of nitrogens with one attached hydrogen (secondary N) is 1. The molecule has 1 heterocycles. The fourth-order valence-corrected chi connectivity index (χ4v) is 3.00. The molecule has 0 aromatic rings. The summed E-state index contributed by atoms with van der Waals surface area (Å²) in [4.78, 5) is 1.67. The van der Waals surface area contributed by atoms with E-state index in [1.54, 1.807) is 4.90 Å². The molecule has 0 amide bonds. The number of rotatable bonds is 3. The van der Waals surface area contributed by atoms with Gasteiger partial charge in [0.25, 0.3) is 0 Å². The number of piperidine rings is 1. The molecule has 2 fully saturated rings. The Morgan fingerprint density at radius 1 is 1.35 bits per heavy atom. The minimum atomic E-state index is -4.06. The van der Waals surface area contributed by atoms with Crippen LogP contribution in [0, 0.1) is 5.92 Å². The van der Waals surface area contributed by atoms with Gasteiger partial charge in [-0.25, -0.2) is 0 Å². The summed E-state index contributed by atoms with van der Waals surface area (Å²) < 4.78 is 39.0. The van der Waals surface area contributed by atoms with Gasteiger partial charge in [-0.05, 0) is 31.7 Å². The van der Waals surface area contributed by atoms with Gasteiger partial charge in [0.15, 0.2) is 0 Å². The zero-order valence-electron chi connectivity index (χ0n) is 10.5. The minimum absolute atomic E-state index is 0.287. The van der Waals surface area contributed by atoms with E-state index in [1.807, 2.05) is 13.8 Å². The number of likely N-dealkylation sites (tertiary alicyclic amines) is 1. The first kappa shape index (κ1) is 13.1. The highest BCUT2D eigenvalue weighted by molar-refractivity contribution is 5.10. The Labute approximate surface area is 101 Å². The van der Waals surface area contributed by atoms with Crippen molar-refractivity contribution >= 4 is 0 Å². The zero-order chi connectivity index (χ0) is 12.7. The smallest absolute Gasteiger partial charge is 0.314 e. The first-order valence-electron chi connectivity index (χ1n) is 6.46. The van der Waals surface area contributed by atoms with Gasteiger partial charge in [0.1, 0.15) is 5.54 Å². The maximum atomic E-state index is 13.0. The molecule has 0 spiro atoms. The monoisotopic (exact) mass is 250 g/mol. The lowest BCUT2D eigenvalue weighted by Crippen LogP contribution is -2.56. The van der Waals surface area contributed by atoms with E-state index in [2.05, 4.69) is 5.32 Å². The predicted molar refractivity (Wildman–Crippen MR) is 60.8 cm³/mol. The molecule has 0 aromatic heterocycles. The van der Waals surface area contributed by atoms with E-state index in [1.165, 1.54) is 0 Å². The van der Waals surface area contributed by atoms with Crippen molar-refractivity contribution in [3.63, 3.8) is 0 Å². The lowest BCUT2D eigenvalue weighted by Gasteiger charge is -2.42. The first-order chi connectivity index (χ1) is 7.90. The van der Waals surface area contributed by atoms with E-state index in [0.717, 1.165) is 13.0 Å². The number of alkyl halides is 3. The van der Waals surface area contributed by atoms with Crippen molar-refractivity contribution in [1.82, 2.24) is 10.2 Å². The van der Waals surface area contributed by atoms with Crippen molar-refractivity contribution in [3.05, 3.63) is 0 Å². The topological polar surface area (TPSA) is 15.3 Å². The molecule has 1 N–H and O–H groups in total. The zero-order valence-corrected chi connectivity index (χ0v) is 10.5. The second-order valence-corrected chi connectivity index (χ2v) is 5.41. The number of nitrogens with zero attached hydrogens (tertiary/aromatic N) is 1. The molecule has 2 atom stereocenters. The van der Waals surface area contributed by atoms with Gasteiger partial charge in [0.2, 0.25) is 0 Å². The molecule has 2 rings (SSSR count). The second-order valence-electron chi connectivity index (χ2n) is 5.41. The fourth-order valence-electron chi connectivity index (χ4n) is 3.00. The highest BCUT2D eigenvalue weighted by Crippen LogP contribution is 2.54. The van der Waals surface area contributed by atoms with E-state index in [4.69, 9.17) is 0 Å². The first-order valence-corrected chi connectivity index (χ1v) is 6.46. The molecule has 2 nitrogen and oxygen atoms in total. The SMILES string of the molecule is CCNC1CCN(C2(C(F)(F)F)CC2)CC1C. The third-order valence-electron chi connectivity index (χ3n) is 4.23. The Morgan fingerprint density at radius 2 is 2.00 bits per heavy atom. The van der Waals surface area contributed by atoms with E-state index in [0.29, 0.717) is 25.0 Å². The summed E-state index contributed by atoms with van der Waals surface area (Å²) in [6, 6.07) is 0.375. The van der Waals surface area contributed by atoms with Crippen LogP contribution in [0.1, 0.15) is 33.1 Å². The lowest BCUT2D eigenvalue weighted by molar-refractivity contribution is -0.201. The Balaban J connectivity index is 1.98.